The number of nitrogens with zero attached hydrogens (tertiary/aromatic N) is 3. The lowest BCUT2D eigenvalue weighted by Crippen LogP contribution is -2.41. The maximum atomic E-state index is 15.1. The largest absolute Gasteiger partial charge is 0.324 e. The summed E-state index contributed by atoms with van der Waals surface area (Å²) < 4.78 is 59.6. The minimum atomic E-state index is -4.04. The van der Waals surface area contributed by atoms with E-state index in [9.17, 15) is 12.8 Å². The van der Waals surface area contributed by atoms with Gasteiger partial charge in [0.2, 0.25) is 5.96 Å². The molecule has 0 aliphatic carbocycles. The Kier molecular flexibility index (Phi) is 5.81. The molecule has 0 bridgehead atoms. The third-order valence-corrected chi connectivity index (χ3v) is 7.25. The summed E-state index contributed by atoms with van der Waals surface area (Å²) in [5.41, 5.74) is 1.93. The summed E-state index contributed by atoms with van der Waals surface area (Å²) in [4.78, 5) is 4.29. The molecule has 0 saturated carbocycles. The van der Waals surface area contributed by atoms with E-state index >= 15 is 4.39 Å². The average molecular weight is 494 g/mol. The molecule has 10 heteroatoms. The van der Waals surface area contributed by atoms with Crippen LogP contribution in [0.1, 0.15) is 29.5 Å². The topological polar surface area (TPSA) is 88.4 Å². The summed E-state index contributed by atoms with van der Waals surface area (Å²) in [6, 6.07) is 17.5. The first-order valence-corrected chi connectivity index (χ1v) is 12.3. The number of sulfonamides is 1. The molecule has 4 aromatic rings. The molecule has 0 radical (unpaired) electrons. The Labute approximate surface area is 201 Å². The quantitative estimate of drug-likeness (QED) is 0.427. The number of hydrogen-bond donors (Lipinski definition) is 2. The van der Waals surface area contributed by atoms with Gasteiger partial charge in [-0.1, -0.05) is 43.3 Å². The fourth-order valence-corrected chi connectivity index (χ4v) is 5.33. The van der Waals surface area contributed by atoms with Crippen molar-refractivity contribution in [2.45, 2.75) is 24.3 Å². The number of para-hydroxylation sites is 1. The number of nitrogens with one attached hydrogen (secondary N) is 2. The van der Waals surface area contributed by atoms with Gasteiger partial charge < -0.3 is 5.32 Å². The van der Waals surface area contributed by atoms with Gasteiger partial charge in [0.25, 0.3) is 10.0 Å². The second kappa shape index (κ2) is 8.95. The third kappa shape index (κ3) is 4.28. The highest BCUT2D eigenvalue weighted by atomic mass is 32.2. The molecule has 1 atom stereocenters. The maximum absolute atomic E-state index is 15.1. The summed E-state index contributed by atoms with van der Waals surface area (Å²) in [6.45, 7) is 1.76. The van der Waals surface area contributed by atoms with E-state index < -0.39 is 27.6 Å². The zero-order valence-electron chi connectivity index (χ0n) is 18.6. The van der Waals surface area contributed by atoms with Crippen LogP contribution in [0.2, 0.25) is 0 Å². The van der Waals surface area contributed by atoms with E-state index in [-0.39, 0.29) is 34.2 Å². The molecule has 1 aliphatic heterocycles. The molecule has 5 rings (SSSR count). The normalized spacial score (nSPS) is 16.3. The lowest BCUT2D eigenvalue weighted by molar-refractivity contribution is 0.577. The highest BCUT2D eigenvalue weighted by Crippen LogP contribution is 2.38. The minimum absolute atomic E-state index is 0.0404. The number of guanidine groups is 1. The Morgan fingerprint density at radius 3 is 2.54 bits per heavy atom. The van der Waals surface area contributed by atoms with Crippen LogP contribution in [0.25, 0.3) is 5.69 Å². The number of benzene rings is 3. The highest BCUT2D eigenvalue weighted by Gasteiger charge is 2.32. The monoisotopic (exact) mass is 493 g/mol. The number of fused-ring (bicyclic) bond motifs is 1. The van der Waals surface area contributed by atoms with Gasteiger partial charge in [-0.3, -0.25) is 0 Å². The van der Waals surface area contributed by atoms with Crippen molar-refractivity contribution in [2.24, 2.45) is 4.99 Å². The summed E-state index contributed by atoms with van der Waals surface area (Å²) in [5.74, 6) is -1.96. The average Bonchev–Trinajstić information content (AvgIpc) is 3.37. The van der Waals surface area contributed by atoms with E-state index in [1.165, 1.54) is 12.1 Å². The number of halogens is 2. The van der Waals surface area contributed by atoms with Gasteiger partial charge in [0, 0.05) is 23.9 Å². The summed E-state index contributed by atoms with van der Waals surface area (Å²) in [5, 5.41) is 7.17. The first-order chi connectivity index (χ1) is 16.8. The van der Waals surface area contributed by atoms with E-state index in [2.05, 4.69) is 20.1 Å². The zero-order valence-corrected chi connectivity index (χ0v) is 19.4. The summed E-state index contributed by atoms with van der Waals surface area (Å²) in [6.07, 6.45) is 3.45. The molecule has 7 nitrogen and oxygen atoms in total. The van der Waals surface area contributed by atoms with Gasteiger partial charge >= 0.3 is 0 Å². The van der Waals surface area contributed by atoms with Crippen molar-refractivity contribution < 1.29 is 17.2 Å². The Morgan fingerprint density at radius 2 is 1.77 bits per heavy atom. The van der Waals surface area contributed by atoms with Gasteiger partial charge in [-0.05, 0) is 41.5 Å². The highest BCUT2D eigenvalue weighted by molar-refractivity contribution is 7.90. The molecule has 1 aliphatic rings. The van der Waals surface area contributed by atoms with E-state index in [4.69, 9.17) is 0 Å². The van der Waals surface area contributed by atoms with Crippen LogP contribution in [0, 0.1) is 11.6 Å². The Balaban J connectivity index is 1.54. The van der Waals surface area contributed by atoms with Crippen molar-refractivity contribution in [3.05, 3.63) is 107 Å². The Morgan fingerprint density at radius 1 is 1.00 bits per heavy atom. The molecule has 2 N–H and O–H groups in total. The molecule has 0 saturated heterocycles. The number of rotatable bonds is 5. The van der Waals surface area contributed by atoms with Crippen molar-refractivity contribution in [3.8, 4) is 5.69 Å². The van der Waals surface area contributed by atoms with Crippen LogP contribution < -0.4 is 10.0 Å². The number of anilines is 1. The molecule has 178 valence electrons. The van der Waals surface area contributed by atoms with Crippen molar-refractivity contribution >= 4 is 21.7 Å². The Bertz CT molecular complexity index is 1540. The van der Waals surface area contributed by atoms with Gasteiger partial charge in [-0.2, -0.15) is 5.10 Å². The van der Waals surface area contributed by atoms with Crippen LogP contribution in [-0.2, 0) is 16.6 Å². The SMILES string of the molecule is C[C@@H](c1ccccc1F)c1c(F)ccc2c1NC(=NCc1ccccc1-n1cccn1)NS2(=O)=O. The van der Waals surface area contributed by atoms with E-state index in [1.54, 1.807) is 48.3 Å². The molecule has 2 heterocycles. The molecule has 1 aromatic heterocycles. The zero-order chi connectivity index (χ0) is 24.6. The minimum Gasteiger partial charge on any atom is -0.324 e. The number of aliphatic imine (C=N–C) groups is 1. The van der Waals surface area contributed by atoms with Crippen LogP contribution in [0.15, 0.2) is 89.0 Å². The summed E-state index contributed by atoms with van der Waals surface area (Å²) in [7, 11) is -4.04. The van der Waals surface area contributed by atoms with Gasteiger partial charge in [0.15, 0.2) is 0 Å². The van der Waals surface area contributed by atoms with Crippen LogP contribution in [0.3, 0.4) is 0 Å². The van der Waals surface area contributed by atoms with Gasteiger partial charge in [-0.15, -0.1) is 0 Å². The third-order valence-electron chi connectivity index (χ3n) is 5.87. The van der Waals surface area contributed by atoms with Crippen LogP contribution >= 0.6 is 0 Å². The predicted molar refractivity (Wildman–Crippen MR) is 129 cm³/mol. The molecular weight excluding hydrogens is 472 g/mol. The number of hydrogen-bond acceptors (Lipinski definition) is 4. The standard InChI is InChI=1S/C25H21F2N5O2S/c1-16(18-8-3-4-9-19(18)26)23-20(27)11-12-22-24(23)30-25(31-35(22,33)34)28-15-17-7-2-5-10-21(17)32-14-6-13-29-32/h2-14,16H,15H2,1H3,(H2,28,30,31)/t16-/m0/s1. The van der Waals surface area contributed by atoms with Crippen molar-refractivity contribution in [1.29, 1.82) is 0 Å². The molecule has 0 amide bonds. The summed E-state index contributed by atoms with van der Waals surface area (Å²) >= 11 is 0. The van der Waals surface area contributed by atoms with Crippen molar-refractivity contribution in [2.75, 3.05) is 5.32 Å². The molecule has 35 heavy (non-hydrogen) atoms. The smallest absolute Gasteiger partial charge is 0.266 e. The van der Waals surface area contributed by atoms with E-state index in [0.717, 1.165) is 17.3 Å². The van der Waals surface area contributed by atoms with Crippen LogP contribution in [0.5, 0.6) is 0 Å². The second-order valence-corrected chi connectivity index (χ2v) is 9.70. The molecular formula is C25H21F2N5O2S. The molecule has 3 aromatic carbocycles. The molecule has 0 fully saturated rings. The predicted octanol–water partition coefficient (Wildman–Crippen LogP) is 4.56. The lowest BCUT2D eigenvalue weighted by Gasteiger charge is -2.26. The second-order valence-electron chi connectivity index (χ2n) is 8.05. The van der Waals surface area contributed by atoms with Crippen molar-refractivity contribution in [1.82, 2.24) is 14.5 Å². The molecule has 0 unspecified atom stereocenters. The lowest BCUT2D eigenvalue weighted by atomic mass is 9.91. The number of aromatic nitrogens is 2. The van der Waals surface area contributed by atoms with E-state index in [0.29, 0.717) is 0 Å². The Hall–Kier alpha value is -4.05. The fourth-order valence-electron chi connectivity index (χ4n) is 4.17. The van der Waals surface area contributed by atoms with E-state index in [1.807, 2.05) is 24.3 Å². The van der Waals surface area contributed by atoms with Gasteiger partial charge in [-0.25, -0.2) is 31.6 Å². The maximum Gasteiger partial charge on any atom is 0.266 e. The first-order valence-electron chi connectivity index (χ1n) is 10.8. The van der Waals surface area contributed by atoms with Crippen molar-refractivity contribution in [3.63, 3.8) is 0 Å². The van der Waals surface area contributed by atoms with Gasteiger partial charge in [0.05, 0.1) is 17.9 Å². The van der Waals surface area contributed by atoms with Crippen LogP contribution in [0.4, 0.5) is 14.5 Å². The van der Waals surface area contributed by atoms with Gasteiger partial charge in [0.1, 0.15) is 16.5 Å². The fraction of sp³-hybridized carbons (Fsp3) is 0.120. The first kappa shape index (κ1) is 22.7. The van der Waals surface area contributed by atoms with Crippen LogP contribution in [-0.4, -0.2) is 24.2 Å². The molecule has 0 spiro atoms.